The molecule has 3 rings (SSSR count). The molecule has 2 aromatic rings. The van der Waals surface area contributed by atoms with Gasteiger partial charge in [0.25, 0.3) is 5.89 Å². The van der Waals surface area contributed by atoms with E-state index >= 15 is 0 Å². The van der Waals surface area contributed by atoms with Gasteiger partial charge in [-0.1, -0.05) is 35.5 Å². The van der Waals surface area contributed by atoms with E-state index in [1.807, 2.05) is 30.3 Å². The first-order valence-electron chi connectivity index (χ1n) is 7.24. The van der Waals surface area contributed by atoms with Crippen LogP contribution in [0.4, 0.5) is 0 Å². The molecule has 0 spiro atoms. The average molecular weight is 348 g/mol. The van der Waals surface area contributed by atoms with Gasteiger partial charge in [0.05, 0.1) is 12.8 Å². The summed E-state index contributed by atoms with van der Waals surface area (Å²) in [5.74, 6) is 0.244. The molecule has 9 heteroatoms. The van der Waals surface area contributed by atoms with Crippen LogP contribution in [-0.4, -0.2) is 47.6 Å². The Kier molecular flexibility index (Phi) is 4.45. The zero-order chi connectivity index (χ0) is 17.2. The number of rotatable bonds is 5. The number of nitrogens with one attached hydrogen (secondary N) is 1. The van der Waals surface area contributed by atoms with Gasteiger partial charge in [0.1, 0.15) is 6.04 Å². The molecule has 0 saturated heterocycles. The molecular weight excluding hydrogens is 332 g/mol. The normalized spacial score (nSPS) is 18.0. The lowest BCUT2D eigenvalue weighted by atomic mass is 10.2. The Bertz CT molecular complexity index is 861. The van der Waals surface area contributed by atoms with E-state index in [0.29, 0.717) is 11.7 Å². The van der Waals surface area contributed by atoms with Crippen LogP contribution in [0.1, 0.15) is 5.82 Å². The summed E-state index contributed by atoms with van der Waals surface area (Å²) in [7, 11) is -3.45. The highest BCUT2D eigenvalue weighted by atomic mass is 32.2. The Morgan fingerprint density at radius 2 is 2.12 bits per heavy atom. The van der Waals surface area contributed by atoms with Crippen LogP contribution in [0.2, 0.25) is 0 Å². The van der Waals surface area contributed by atoms with Crippen molar-refractivity contribution in [2.45, 2.75) is 12.6 Å². The molecule has 1 aliphatic rings. The van der Waals surface area contributed by atoms with Crippen molar-refractivity contribution in [3.63, 3.8) is 0 Å². The molecule has 0 radical (unpaired) electrons. The fourth-order valence-electron chi connectivity index (χ4n) is 2.36. The van der Waals surface area contributed by atoms with E-state index in [2.05, 4.69) is 15.5 Å². The lowest BCUT2D eigenvalue weighted by molar-refractivity contribution is -0.123. The number of carbonyl (C=O) groups excluding carboxylic acids is 1. The number of hydrogen-bond acceptors (Lipinski definition) is 6. The third-order valence-corrected chi connectivity index (χ3v) is 4.75. The smallest absolute Gasteiger partial charge is 0.257 e. The van der Waals surface area contributed by atoms with E-state index in [1.54, 1.807) is 12.2 Å². The molecule has 2 heterocycles. The zero-order valence-electron chi connectivity index (χ0n) is 12.9. The maximum atomic E-state index is 12.2. The van der Waals surface area contributed by atoms with Crippen LogP contribution in [0, 0.1) is 0 Å². The molecule has 0 fully saturated rings. The Morgan fingerprint density at radius 1 is 1.38 bits per heavy atom. The number of aromatic nitrogens is 2. The fourth-order valence-corrected chi connectivity index (χ4v) is 3.29. The number of benzene rings is 1. The largest absolute Gasteiger partial charge is 0.347 e. The van der Waals surface area contributed by atoms with Crippen molar-refractivity contribution in [2.24, 2.45) is 0 Å². The second-order valence-corrected chi connectivity index (χ2v) is 7.24. The Hall–Kier alpha value is -2.52. The van der Waals surface area contributed by atoms with Crippen molar-refractivity contribution >= 4 is 15.9 Å². The maximum absolute atomic E-state index is 12.2. The highest BCUT2D eigenvalue weighted by Crippen LogP contribution is 2.16. The summed E-state index contributed by atoms with van der Waals surface area (Å²) in [4.78, 5) is 16.4. The molecule has 0 bridgehead atoms. The number of carbonyl (C=O) groups is 1. The third-order valence-electron chi connectivity index (χ3n) is 3.52. The van der Waals surface area contributed by atoms with E-state index in [-0.39, 0.29) is 13.1 Å². The highest BCUT2D eigenvalue weighted by molar-refractivity contribution is 7.88. The van der Waals surface area contributed by atoms with Gasteiger partial charge in [0.2, 0.25) is 15.9 Å². The van der Waals surface area contributed by atoms with Crippen molar-refractivity contribution in [3.05, 3.63) is 48.3 Å². The number of hydrogen-bond donors (Lipinski definition) is 1. The summed E-state index contributed by atoms with van der Waals surface area (Å²) >= 11 is 0. The molecular formula is C15H16N4O4S. The second-order valence-electron chi connectivity index (χ2n) is 5.31. The minimum absolute atomic E-state index is 0.0527. The minimum atomic E-state index is -3.45. The van der Waals surface area contributed by atoms with Gasteiger partial charge in [-0.3, -0.25) is 4.79 Å². The predicted octanol–water partition coefficient (Wildman–Crippen LogP) is 0.553. The van der Waals surface area contributed by atoms with Gasteiger partial charge in [-0.2, -0.15) is 9.29 Å². The molecule has 1 N–H and O–H groups in total. The van der Waals surface area contributed by atoms with Gasteiger partial charge in [0, 0.05) is 12.1 Å². The van der Waals surface area contributed by atoms with Gasteiger partial charge in [-0.05, 0) is 12.1 Å². The van der Waals surface area contributed by atoms with E-state index < -0.39 is 22.0 Å². The average Bonchev–Trinajstić information content (AvgIpc) is 3.22. The molecule has 0 saturated carbocycles. The topological polar surface area (TPSA) is 105 Å². The second kappa shape index (κ2) is 6.54. The van der Waals surface area contributed by atoms with Crippen LogP contribution < -0.4 is 5.32 Å². The van der Waals surface area contributed by atoms with Crippen molar-refractivity contribution in [1.29, 1.82) is 0 Å². The van der Waals surface area contributed by atoms with Crippen molar-refractivity contribution in [2.75, 3.05) is 12.8 Å². The van der Waals surface area contributed by atoms with Gasteiger partial charge in [-0.25, -0.2) is 8.42 Å². The SMILES string of the molecule is CS(=O)(=O)N1CC=CC1C(=O)NCc1noc(-c2ccccc2)n1. The van der Waals surface area contributed by atoms with E-state index in [9.17, 15) is 13.2 Å². The summed E-state index contributed by atoms with van der Waals surface area (Å²) < 4.78 is 29.6. The zero-order valence-corrected chi connectivity index (χ0v) is 13.7. The van der Waals surface area contributed by atoms with E-state index in [4.69, 9.17) is 4.52 Å². The summed E-state index contributed by atoms with van der Waals surface area (Å²) in [6.07, 6.45) is 4.28. The lowest BCUT2D eigenvalue weighted by Crippen LogP contribution is -2.45. The predicted molar refractivity (Wildman–Crippen MR) is 86.1 cm³/mol. The standard InChI is InChI=1S/C15H16N4O4S/c1-24(21,22)19-9-5-8-12(19)14(20)16-10-13-17-15(23-18-13)11-6-3-2-4-7-11/h2-8,12H,9-10H2,1H3,(H,16,20). The summed E-state index contributed by atoms with van der Waals surface area (Å²) in [6, 6.07) is 8.41. The van der Waals surface area contributed by atoms with Crippen LogP contribution in [0.25, 0.3) is 11.5 Å². The monoisotopic (exact) mass is 348 g/mol. The molecule has 1 atom stereocenters. The van der Waals surface area contributed by atoms with Crippen molar-refractivity contribution in [3.8, 4) is 11.5 Å². The van der Waals surface area contributed by atoms with Gasteiger partial charge in [0.15, 0.2) is 5.82 Å². The molecule has 1 aromatic carbocycles. The first-order valence-corrected chi connectivity index (χ1v) is 9.09. The third kappa shape index (κ3) is 3.52. The lowest BCUT2D eigenvalue weighted by Gasteiger charge is -2.20. The number of amides is 1. The first kappa shape index (κ1) is 16.3. The Morgan fingerprint density at radius 3 is 2.83 bits per heavy atom. The van der Waals surface area contributed by atoms with Crippen molar-refractivity contribution in [1.82, 2.24) is 19.8 Å². The molecule has 1 aliphatic heterocycles. The summed E-state index contributed by atoms with van der Waals surface area (Å²) in [5.41, 5.74) is 0.782. The van der Waals surface area contributed by atoms with Gasteiger partial charge >= 0.3 is 0 Å². The Balaban J connectivity index is 1.63. The molecule has 24 heavy (non-hydrogen) atoms. The molecule has 1 amide bonds. The molecule has 1 aromatic heterocycles. The summed E-state index contributed by atoms with van der Waals surface area (Å²) in [5, 5.41) is 6.43. The molecule has 0 aliphatic carbocycles. The summed E-state index contributed by atoms with van der Waals surface area (Å²) in [6.45, 7) is 0.244. The number of sulfonamides is 1. The molecule has 8 nitrogen and oxygen atoms in total. The number of nitrogens with zero attached hydrogens (tertiary/aromatic N) is 3. The van der Waals surface area contributed by atoms with Gasteiger partial charge < -0.3 is 9.84 Å². The molecule has 1 unspecified atom stereocenters. The fraction of sp³-hybridized carbons (Fsp3) is 0.267. The van der Waals surface area contributed by atoms with E-state index in [0.717, 1.165) is 16.1 Å². The first-order chi connectivity index (χ1) is 11.4. The van der Waals surface area contributed by atoms with Crippen molar-refractivity contribution < 1.29 is 17.7 Å². The van der Waals surface area contributed by atoms with Crippen LogP contribution in [-0.2, 0) is 21.4 Å². The highest BCUT2D eigenvalue weighted by Gasteiger charge is 2.32. The molecule has 126 valence electrons. The Labute approximate surface area is 139 Å². The van der Waals surface area contributed by atoms with Crippen LogP contribution >= 0.6 is 0 Å². The maximum Gasteiger partial charge on any atom is 0.257 e. The van der Waals surface area contributed by atoms with Crippen LogP contribution in [0.5, 0.6) is 0 Å². The quantitative estimate of drug-likeness (QED) is 0.791. The van der Waals surface area contributed by atoms with Gasteiger partial charge in [-0.15, -0.1) is 0 Å². The van der Waals surface area contributed by atoms with Crippen LogP contribution in [0.3, 0.4) is 0 Å². The van der Waals surface area contributed by atoms with E-state index in [1.165, 1.54) is 0 Å². The minimum Gasteiger partial charge on any atom is -0.347 e. The van der Waals surface area contributed by atoms with Crippen LogP contribution in [0.15, 0.2) is 47.0 Å².